The Kier molecular flexibility index (Phi) is 5.58. The van der Waals surface area contributed by atoms with E-state index in [2.05, 4.69) is 33.9 Å². The standard InChI is InChI=1S/C15H28O4Si/c1-7-18-14(17)11-9-8-10-12(16)13(11)19-20(5,6)15(2,3)4/h8,10-13,16H,7,9H2,1-6H3/t11-,12+,13+/m0/s1. The largest absolute Gasteiger partial charge is 0.466 e. The monoisotopic (exact) mass is 300 g/mol. The van der Waals surface area contributed by atoms with Gasteiger partial charge < -0.3 is 14.3 Å². The lowest BCUT2D eigenvalue weighted by atomic mass is 9.89. The lowest BCUT2D eigenvalue weighted by Gasteiger charge is -2.42. The topological polar surface area (TPSA) is 55.8 Å². The highest BCUT2D eigenvalue weighted by atomic mass is 28.4. The maximum atomic E-state index is 12.1. The fraction of sp³-hybridized carbons (Fsp3) is 0.800. The molecule has 0 aromatic carbocycles. The molecule has 0 unspecified atom stereocenters. The number of carbonyl (C=O) groups is 1. The molecule has 20 heavy (non-hydrogen) atoms. The second kappa shape index (κ2) is 6.41. The van der Waals surface area contributed by atoms with Gasteiger partial charge in [0, 0.05) is 0 Å². The molecule has 5 heteroatoms. The van der Waals surface area contributed by atoms with Gasteiger partial charge in [-0.1, -0.05) is 32.9 Å². The molecule has 0 fully saturated rings. The van der Waals surface area contributed by atoms with Gasteiger partial charge in [-0.2, -0.15) is 0 Å². The molecule has 116 valence electrons. The Labute approximate surface area is 123 Å². The Hall–Kier alpha value is -0.653. The lowest BCUT2D eigenvalue weighted by molar-refractivity contribution is -0.154. The summed E-state index contributed by atoms with van der Waals surface area (Å²) >= 11 is 0. The maximum absolute atomic E-state index is 12.1. The molecule has 0 saturated carbocycles. The quantitative estimate of drug-likeness (QED) is 0.493. The normalized spacial score (nSPS) is 27.4. The molecule has 4 nitrogen and oxygen atoms in total. The smallest absolute Gasteiger partial charge is 0.311 e. The van der Waals surface area contributed by atoms with E-state index in [0.717, 1.165) is 0 Å². The van der Waals surface area contributed by atoms with E-state index in [1.807, 2.05) is 6.08 Å². The Bertz CT molecular complexity index is 371. The summed E-state index contributed by atoms with van der Waals surface area (Å²) in [6.45, 7) is 12.8. The zero-order chi connectivity index (χ0) is 15.6. The van der Waals surface area contributed by atoms with E-state index >= 15 is 0 Å². The molecule has 0 aromatic rings. The van der Waals surface area contributed by atoms with E-state index in [1.165, 1.54) is 0 Å². The number of hydrogen-bond acceptors (Lipinski definition) is 4. The number of esters is 1. The van der Waals surface area contributed by atoms with Crippen molar-refractivity contribution in [2.75, 3.05) is 6.61 Å². The first-order valence-electron chi connectivity index (χ1n) is 7.29. The van der Waals surface area contributed by atoms with Crippen LogP contribution >= 0.6 is 0 Å². The highest BCUT2D eigenvalue weighted by Gasteiger charge is 2.45. The van der Waals surface area contributed by atoms with Gasteiger partial charge in [-0.05, 0) is 31.5 Å². The van der Waals surface area contributed by atoms with Crippen molar-refractivity contribution in [3.8, 4) is 0 Å². The van der Waals surface area contributed by atoms with Gasteiger partial charge in [0.25, 0.3) is 0 Å². The third kappa shape index (κ3) is 3.93. The molecule has 0 bridgehead atoms. The number of aliphatic hydroxyl groups is 1. The summed E-state index contributed by atoms with van der Waals surface area (Å²) in [5.74, 6) is -0.691. The third-order valence-electron chi connectivity index (χ3n) is 4.28. The van der Waals surface area contributed by atoms with Crippen LogP contribution in [-0.4, -0.2) is 38.2 Å². The predicted molar refractivity (Wildman–Crippen MR) is 82.0 cm³/mol. The van der Waals surface area contributed by atoms with Crippen LogP contribution in [0.5, 0.6) is 0 Å². The number of allylic oxidation sites excluding steroid dienone is 1. The van der Waals surface area contributed by atoms with Crippen LogP contribution in [0.15, 0.2) is 12.2 Å². The highest BCUT2D eigenvalue weighted by Crippen LogP contribution is 2.39. The Morgan fingerprint density at radius 1 is 1.40 bits per heavy atom. The van der Waals surface area contributed by atoms with Gasteiger partial charge in [0.15, 0.2) is 8.32 Å². The molecule has 0 spiro atoms. The van der Waals surface area contributed by atoms with Crippen molar-refractivity contribution in [2.24, 2.45) is 5.92 Å². The van der Waals surface area contributed by atoms with Crippen molar-refractivity contribution in [3.63, 3.8) is 0 Å². The predicted octanol–water partition coefficient (Wildman–Crippen LogP) is 2.88. The van der Waals surface area contributed by atoms with Crippen LogP contribution < -0.4 is 0 Å². The first kappa shape index (κ1) is 17.4. The molecule has 0 aromatic heterocycles. The van der Waals surface area contributed by atoms with Gasteiger partial charge in [-0.15, -0.1) is 0 Å². The van der Waals surface area contributed by atoms with Crippen molar-refractivity contribution < 1.29 is 19.1 Å². The van der Waals surface area contributed by atoms with Crippen molar-refractivity contribution in [3.05, 3.63) is 12.2 Å². The summed E-state index contributed by atoms with van der Waals surface area (Å²) in [4.78, 5) is 12.1. The van der Waals surface area contributed by atoms with Crippen LogP contribution in [0, 0.1) is 5.92 Å². The average Bonchev–Trinajstić information content (AvgIpc) is 2.30. The van der Waals surface area contributed by atoms with Crippen LogP contribution in [0.4, 0.5) is 0 Å². The van der Waals surface area contributed by atoms with Gasteiger partial charge in [0.2, 0.25) is 0 Å². The highest BCUT2D eigenvalue weighted by molar-refractivity contribution is 6.74. The number of aliphatic hydroxyl groups excluding tert-OH is 1. The lowest BCUT2D eigenvalue weighted by Crippen LogP contribution is -2.51. The van der Waals surface area contributed by atoms with E-state index in [4.69, 9.17) is 9.16 Å². The fourth-order valence-electron chi connectivity index (χ4n) is 1.99. The molecular formula is C15H28O4Si. The van der Waals surface area contributed by atoms with Crippen molar-refractivity contribution in [1.29, 1.82) is 0 Å². The van der Waals surface area contributed by atoms with Crippen molar-refractivity contribution in [1.82, 2.24) is 0 Å². The molecule has 3 atom stereocenters. The molecule has 1 rings (SSSR count). The van der Waals surface area contributed by atoms with Crippen molar-refractivity contribution in [2.45, 2.75) is 64.5 Å². The summed E-state index contributed by atoms with van der Waals surface area (Å²) in [7, 11) is -2.05. The Balaban J connectivity index is 2.92. The second-order valence-corrected chi connectivity index (χ2v) is 11.6. The molecule has 1 aliphatic rings. The molecule has 0 amide bonds. The van der Waals surface area contributed by atoms with Crippen LogP contribution in [0.25, 0.3) is 0 Å². The summed E-state index contributed by atoms with van der Waals surface area (Å²) < 4.78 is 11.4. The van der Waals surface area contributed by atoms with Gasteiger partial charge in [0.05, 0.1) is 24.7 Å². The van der Waals surface area contributed by atoms with Crippen LogP contribution in [-0.2, 0) is 14.0 Å². The van der Waals surface area contributed by atoms with E-state index in [1.54, 1.807) is 13.0 Å². The number of hydrogen-bond donors (Lipinski definition) is 1. The summed E-state index contributed by atoms with van der Waals surface area (Å²) in [6, 6.07) is 0. The molecule has 0 heterocycles. The average molecular weight is 300 g/mol. The molecule has 1 N–H and O–H groups in total. The SMILES string of the molecule is CCOC(=O)[C@H]1CC=C[C@@H](O)[C@@H]1O[Si](C)(C)C(C)(C)C. The van der Waals surface area contributed by atoms with Gasteiger partial charge in [-0.25, -0.2) is 0 Å². The first-order chi connectivity index (χ1) is 9.10. The molecule has 0 aliphatic heterocycles. The van der Waals surface area contributed by atoms with E-state index in [9.17, 15) is 9.90 Å². The summed E-state index contributed by atoms with van der Waals surface area (Å²) in [5.41, 5.74) is 0. The van der Waals surface area contributed by atoms with E-state index in [0.29, 0.717) is 13.0 Å². The van der Waals surface area contributed by atoms with Crippen LogP contribution in [0.1, 0.15) is 34.1 Å². The Morgan fingerprint density at radius 2 is 2.00 bits per heavy atom. The molecule has 1 aliphatic carbocycles. The molecular weight excluding hydrogens is 272 g/mol. The third-order valence-corrected chi connectivity index (χ3v) is 8.76. The molecule has 0 saturated heterocycles. The number of rotatable bonds is 4. The fourth-order valence-corrected chi connectivity index (χ4v) is 3.33. The van der Waals surface area contributed by atoms with Gasteiger partial charge >= 0.3 is 5.97 Å². The van der Waals surface area contributed by atoms with E-state index < -0.39 is 26.4 Å². The molecule has 0 radical (unpaired) electrons. The number of carbonyl (C=O) groups excluding carboxylic acids is 1. The second-order valence-electron chi connectivity index (χ2n) is 6.86. The zero-order valence-corrected chi connectivity index (χ0v) is 14.5. The van der Waals surface area contributed by atoms with E-state index in [-0.39, 0.29) is 11.0 Å². The van der Waals surface area contributed by atoms with Crippen molar-refractivity contribution >= 4 is 14.3 Å². The maximum Gasteiger partial charge on any atom is 0.311 e. The first-order valence-corrected chi connectivity index (χ1v) is 10.2. The minimum atomic E-state index is -2.05. The number of ether oxygens (including phenoxy) is 1. The van der Waals surface area contributed by atoms with Gasteiger partial charge in [-0.3, -0.25) is 4.79 Å². The van der Waals surface area contributed by atoms with Gasteiger partial charge in [0.1, 0.15) is 0 Å². The minimum Gasteiger partial charge on any atom is -0.466 e. The van der Waals surface area contributed by atoms with Crippen LogP contribution in [0.3, 0.4) is 0 Å². The Morgan fingerprint density at radius 3 is 2.50 bits per heavy atom. The summed E-state index contributed by atoms with van der Waals surface area (Å²) in [5, 5.41) is 10.2. The van der Waals surface area contributed by atoms with Crippen LogP contribution in [0.2, 0.25) is 18.1 Å². The summed E-state index contributed by atoms with van der Waals surface area (Å²) in [6.07, 6.45) is 2.87. The minimum absolute atomic E-state index is 0.0348. The zero-order valence-electron chi connectivity index (χ0n) is 13.5.